The molecule has 0 aliphatic rings. The second kappa shape index (κ2) is 3.83. The fraction of sp³-hybridized carbons (Fsp3) is 0.333. The molecule has 66 valence electrons. The zero-order valence-electron chi connectivity index (χ0n) is 6.00. The largest absolute Gasteiger partial charge is 0.481 e. The average Bonchev–Trinajstić information content (AvgIpc) is 2.28. The van der Waals surface area contributed by atoms with Gasteiger partial charge in [-0.15, -0.1) is 5.10 Å². The molecule has 0 radical (unpaired) electrons. The van der Waals surface area contributed by atoms with E-state index in [0.29, 0.717) is 3.57 Å². The minimum Gasteiger partial charge on any atom is -0.481 e. The number of aryl methyl sites for hydroxylation is 1. The molecular weight excluding hydrogens is 278 g/mol. The van der Waals surface area contributed by atoms with Gasteiger partial charge in [0.2, 0.25) is 5.95 Å². The molecule has 1 aromatic heterocycles. The predicted octanol–water partition coefficient (Wildman–Crippen LogP) is 1.10. The van der Waals surface area contributed by atoms with E-state index in [4.69, 9.17) is 5.11 Å². The predicted molar refractivity (Wildman–Crippen MR) is 47.2 cm³/mol. The topological polar surface area (TPSA) is 55.1 Å². The van der Waals surface area contributed by atoms with E-state index in [2.05, 4.69) is 5.10 Å². The highest BCUT2D eigenvalue weighted by Crippen LogP contribution is 2.07. The van der Waals surface area contributed by atoms with Crippen LogP contribution in [0.1, 0.15) is 6.42 Å². The Kier molecular flexibility index (Phi) is 3.01. The van der Waals surface area contributed by atoms with E-state index in [9.17, 15) is 9.18 Å². The van der Waals surface area contributed by atoms with Gasteiger partial charge in [0, 0.05) is 6.20 Å². The molecule has 0 amide bonds. The van der Waals surface area contributed by atoms with Gasteiger partial charge >= 0.3 is 5.97 Å². The highest BCUT2D eigenvalue weighted by Gasteiger charge is 2.05. The number of nitrogens with zero attached hydrogens (tertiary/aromatic N) is 2. The van der Waals surface area contributed by atoms with Gasteiger partial charge in [-0.3, -0.25) is 9.48 Å². The smallest absolute Gasteiger partial charge is 0.305 e. The number of halogens is 2. The van der Waals surface area contributed by atoms with E-state index < -0.39 is 11.9 Å². The standard InChI is InChI=1S/C6H6FIN2O2/c7-6-4(8)3-10(9-6)2-1-5(11)12/h3H,1-2H2,(H,11,12). The van der Waals surface area contributed by atoms with Crippen molar-refractivity contribution in [1.82, 2.24) is 9.78 Å². The number of hydrogen-bond acceptors (Lipinski definition) is 2. The Hall–Kier alpha value is -0.660. The van der Waals surface area contributed by atoms with E-state index >= 15 is 0 Å². The van der Waals surface area contributed by atoms with Gasteiger partial charge in [-0.25, -0.2) is 0 Å². The lowest BCUT2D eigenvalue weighted by Gasteiger charge is -1.94. The lowest BCUT2D eigenvalue weighted by atomic mass is 10.4. The number of aliphatic carboxylic acids is 1. The van der Waals surface area contributed by atoms with Gasteiger partial charge < -0.3 is 5.11 Å². The third-order valence-corrected chi connectivity index (χ3v) is 1.95. The van der Waals surface area contributed by atoms with Crippen molar-refractivity contribution in [2.24, 2.45) is 0 Å². The average molecular weight is 284 g/mol. The lowest BCUT2D eigenvalue weighted by molar-refractivity contribution is -0.137. The molecule has 6 heteroatoms. The summed E-state index contributed by atoms with van der Waals surface area (Å²) in [5.41, 5.74) is 0. The maximum Gasteiger partial charge on any atom is 0.305 e. The first-order valence-electron chi connectivity index (χ1n) is 3.20. The molecule has 0 atom stereocenters. The van der Waals surface area contributed by atoms with Crippen LogP contribution in [0.2, 0.25) is 0 Å². The summed E-state index contributed by atoms with van der Waals surface area (Å²) in [5, 5.41) is 11.8. The summed E-state index contributed by atoms with van der Waals surface area (Å²) in [6.45, 7) is 0.204. The van der Waals surface area contributed by atoms with Crippen molar-refractivity contribution < 1.29 is 14.3 Å². The van der Waals surface area contributed by atoms with Crippen LogP contribution in [0.15, 0.2) is 6.20 Å². The number of carboxylic acid groups (broad SMARTS) is 1. The number of hydrogen-bond donors (Lipinski definition) is 1. The molecule has 0 saturated carbocycles. The lowest BCUT2D eigenvalue weighted by Crippen LogP contribution is -2.04. The Labute approximate surface area is 81.5 Å². The summed E-state index contributed by atoms with van der Waals surface area (Å²) in [5.74, 6) is -1.47. The molecule has 1 N–H and O–H groups in total. The highest BCUT2D eigenvalue weighted by molar-refractivity contribution is 14.1. The van der Waals surface area contributed by atoms with Crippen LogP contribution in [-0.2, 0) is 11.3 Å². The van der Waals surface area contributed by atoms with Crippen LogP contribution < -0.4 is 0 Å². The van der Waals surface area contributed by atoms with Gasteiger partial charge in [0.15, 0.2) is 0 Å². The number of carbonyl (C=O) groups is 1. The fourth-order valence-corrected chi connectivity index (χ4v) is 1.13. The monoisotopic (exact) mass is 284 g/mol. The summed E-state index contributed by atoms with van der Waals surface area (Å²) in [6.07, 6.45) is 1.43. The van der Waals surface area contributed by atoms with Crippen LogP contribution >= 0.6 is 22.6 Å². The molecule has 0 fully saturated rings. The first kappa shape index (κ1) is 9.43. The van der Waals surface area contributed by atoms with Crippen LogP contribution in [0.3, 0.4) is 0 Å². The molecule has 1 aromatic rings. The molecular formula is C6H6FIN2O2. The summed E-state index contributed by atoms with van der Waals surface area (Å²) in [6, 6.07) is 0. The van der Waals surface area contributed by atoms with E-state index in [1.807, 2.05) is 0 Å². The van der Waals surface area contributed by atoms with Gasteiger partial charge in [0.05, 0.1) is 16.5 Å². The van der Waals surface area contributed by atoms with Gasteiger partial charge in [-0.05, 0) is 22.6 Å². The van der Waals surface area contributed by atoms with E-state index in [1.54, 1.807) is 22.6 Å². The summed E-state index contributed by atoms with van der Waals surface area (Å²) in [7, 11) is 0. The Bertz CT molecular complexity index is 280. The molecule has 0 spiro atoms. The summed E-state index contributed by atoms with van der Waals surface area (Å²) < 4.78 is 14.3. The van der Waals surface area contributed by atoms with Crippen molar-refractivity contribution in [2.45, 2.75) is 13.0 Å². The normalized spacial score (nSPS) is 10.2. The molecule has 4 nitrogen and oxygen atoms in total. The van der Waals surface area contributed by atoms with E-state index in [0.717, 1.165) is 0 Å². The Morgan fingerprint density at radius 1 is 1.83 bits per heavy atom. The van der Waals surface area contributed by atoms with Crippen molar-refractivity contribution in [1.29, 1.82) is 0 Å². The molecule has 0 bridgehead atoms. The molecule has 0 aromatic carbocycles. The molecule has 0 aliphatic carbocycles. The third-order valence-electron chi connectivity index (χ3n) is 1.23. The zero-order valence-corrected chi connectivity index (χ0v) is 8.15. The maximum atomic E-state index is 12.6. The van der Waals surface area contributed by atoms with Crippen molar-refractivity contribution in [3.05, 3.63) is 15.7 Å². The second-order valence-corrected chi connectivity index (χ2v) is 3.34. The maximum absolute atomic E-state index is 12.6. The molecule has 1 heterocycles. The van der Waals surface area contributed by atoms with Crippen molar-refractivity contribution in [2.75, 3.05) is 0 Å². The first-order chi connectivity index (χ1) is 5.59. The van der Waals surface area contributed by atoms with Gasteiger partial charge in [0.1, 0.15) is 0 Å². The minimum absolute atomic E-state index is 0.0444. The SMILES string of the molecule is O=C(O)CCn1cc(I)c(F)n1. The molecule has 0 unspecified atom stereocenters. The second-order valence-electron chi connectivity index (χ2n) is 2.17. The van der Waals surface area contributed by atoms with E-state index in [-0.39, 0.29) is 13.0 Å². The quantitative estimate of drug-likeness (QED) is 0.846. The summed E-state index contributed by atoms with van der Waals surface area (Å²) in [4.78, 5) is 10.1. The van der Waals surface area contributed by atoms with Crippen molar-refractivity contribution >= 4 is 28.6 Å². The summed E-state index contributed by atoms with van der Waals surface area (Å²) >= 11 is 1.80. The fourth-order valence-electron chi connectivity index (χ4n) is 0.698. The van der Waals surface area contributed by atoms with Gasteiger partial charge in [0.25, 0.3) is 0 Å². The number of rotatable bonds is 3. The highest BCUT2D eigenvalue weighted by atomic mass is 127. The number of aromatic nitrogens is 2. The third kappa shape index (κ3) is 2.43. The molecule has 1 rings (SSSR count). The zero-order chi connectivity index (χ0) is 9.14. The molecule has 0 aliphatic heterocycles. The Morgan fingerprint density at radius 3 is 2.92 bits per heavy atom. The Morgan fingerprint density at radius 2 is 2.50 bits per heavy atom. The first-order valence-corrected chi connectivity index (χ1v) is 4.27. The van der Waals surface area contributed by atoms with Crippen LogP contribution in [0.5, 0.6) is 0 Å². The van der Waals surface area contributed by atoms with Crippen LogP contribution in [0, 0.1) is 9.52 Å². The number of carboxylic acids is 1. The minimum atomic E-state index is -0.916. The van der Waals surface area contributed by atoms with Crippen LogP contribution in [0.25, 0.3) is 0 Å². The molecule has 0 saturated heterocycles. The van der Waals surface area contributed by atoms with Crippen molar-refractivity contribution in [3.8, 4) is 0 Å². The van der Waals surface area contributed by atoms with Crippen LogP contribution in [0.4, 0.5) is 4.39 Å². The molecule has 12 heavy (non-hydrogen) atoms. The van der Waals surface area contributed by atoms with Crippen molar-refractivity contribution in [3.63, 3.8) is 0 Å². The Balaban J connectivity index is 2.58. The van der Waals surface area contributed by atoms with Gasteiger partial charge in [-0.2, -0.15) is 4.39 Å². The van der Waals surface area contributed by atoms with E-state index in [1.165, 1.54) is 10.9 Å². The van der Waals surface area contributed by atoms with Crippen LogP contribution in [-0.4, -0.2) is 20.9 Å². The van der Waals surface area contributed by atoms with Gasteiger partial charge in [-0.1, -0.05) is 0 Å².